The molecule has 0 N–H and O–H groups in total. The van der Waals surface area contributed by atoms with Crippen LogP contribution >= 0.6 is 39.7 Å². The first-order valence-electron chi connectivity index (χ1n) is 11.7. The summed E-state index contributed by atoms with van der Waals surface area (Å²) in [5.41, 5.74) is 1.44. The van der Waals surface area contributed by atoms with E-state index in [1.165, 1.54) is 11.3 Å². The fourth-order valence-electron chi connectivity index (χ4n) is 3.90. The Morgan fingerprint density at radius 1 is 1.11 bits per heavy atom. The van der Waals surface area contributed by atoms with Gasteiger partial charge in [-0.15, -0.1) is 12.4 Å². The molecule has 0 atom stereocenters. The number of carbonyl (C=O) groups excluding carboxylic acids is 1. The summed E-state index contributed by atoms with van der Waals surface area (Å²) < 4.78 is 18.9. The van der Waals surface area contributed by atoms with Gasteiger partial charge in [-0.1, -0.05) is 27.3 Å². The second-order valence-electron chi connectivity index (χ2n) is 7.90. The lowest BCUT2D eigenvalue weighted by Crippen LogP contribution is -2.39. The number of benzene rings is 2. The normalized spacial score (nSPS) is 13.9. The second kappa shape index (κ2) is 13.4. The van der Waals surface area contributed by atoms with Crippen LogP contribution < -0.4 is 14.4 Å². The molecule has 4 rings (SSSR count). The van der Waals surface area contributed by atoms with Crippen molar-refractivity contribution in [2.75, 3.05) is 57.5 Å². The van der Waals surface area contributed by atoms with Gasteiger partial charge in [-0.3, -0.25) is 14.6 Å². The molecule has 0 unspecified atom stereocenters. The van der Waals surface area contributed by atoms with Gasteiger partial charge in [0.05, 0.1) is 36.6 Å². The molecule has 1 fully saturated rings. The highest BCUT2D eigenvalue weighted by Gasteiger charge is 2.23. The lowest BCUT2D eigenvalue weighted by molar-refractivity contribution is 0.0376. The predicted octanol–water partition coefficient (Wildman–Crippen LogP) is 5.65. The summed E-state index contributed by atoms with van der Waals surface area (Å²) in [4.78, 5) is 22.7. The quantitative estimate of drug-likeness (QED) is 0.307. The lowest BCUT2D eigenvalue weighted by atomic mass is 10.1. The molecule has 3 aromatic rings. The van der Waals surface area contributed by atoms with Gasteiger partial charge in [-0.05, 0) is 56.7 Å². The zero-order valence-corrected chi connectivity index (χ0v) is 23.2. The molecule has 2 heterocycles. The van der Waals surface area contributed by atoms with Gasteiger partial charge in [-0.2, -0.15) is 0 Å². The maximum Gasteiger partial charge on any atom is 0.260 e. The van der Waals surface area contributed by atoms with E-state index in [-0.39, 0.29) is 18.3 Å². The Balaban J connectivity index is 0.00000342. The zero-order chi connectivity index (χ0) is 23.9. The third kappa shape index (κ3) is 7.07. The number of carbonyl (C=O) groups is 1. The van der Waals surface area contributed by atoms with E-state index >= 15 is 0 Å². The maximum atomic E-state index is 13.8. The number of nitrogens with zero attached hydrogens (tertiary/aromatic N) is 3. The third-order valence-corrected chi connectivity index (χ3v) is 7.10. The van der Waals surface area contributed by atoms with Crippen LogP contribution in [0.2, 0.25) is 0 Å². The highest BCUT2D eigenvalue weighted by atomic mass is 79.9. The molecule has 1 saturated heterocycles. The number of anilines is 1. The highest BCUT2D eigenvalue weighted by Crippen LogP contribution is 2.33. The summed E-state index contributed by atoms with van der Waals surface area (Å²) in [6, 6.07) is 11.4. The minimum atomic E-state index is -0.0934. The van der Waals surface area contributed by atoms with Crippen LogP contribution in [0.25, 0.3) is 10.2 Å². The molecule has 0 bridgehead atoms. The van der Waals surface area contributed by atoms with E-state index in [4.69, 9.17) is 19.2 Å². The molecule has 0 spiro atoms. The molecule has 35 heavy (non-hydrogen) atoms. The molecule has 1 amide bonds. The Hall–Kier alpha value is -1.91. The largest absolute Gasteiger partial charge is 0.490 e. The Morgan fingerprint density at radius 2 is 1.86 bits per heavy atom. The zero-order valence-electron chi connectivity index (χ0n) is 20.0. The average molecular weight is 585 g/mol. The van der Waals surface area contributed by atoms with E-state index in [2.05, 4.69) is 20.8 Å². The predicted molar refractivity (Wildman–Crippen MR) is 147 cm³/mol. The Labute approximate surface area is 224 Å². The Bertz CT molecular complexity index is 1120. The molecule has 1 aliphatic rings. The number of aromatic nitrogens is 1. The van der Waals surface area contributed by atoms with Crippen molar-refractivity contribution in [3.63, 3.8) is 0 Å². The van der Waals surface area contributed by atoms with Gasteiger partial charge >= 0.3 is 0 Å². The minimum absolute atomic E-state index is 0. The van der Waals surface area contributed by atoms with Crippen molar-refractivity contribution in [1.29, 1.82) is 0 Å². The van der Waals surface area contributed by atoms with E-state index < -0.39 is 0 Å². The number of hydrogen-bond acceptors (Lipinski definition) is 7. The first kappa shape index (κ1) is 27.7. The molecule has 0 aliphatic carbocycles. The third-order valence-electron chi connectivity index (χ3n) is 5.57. The maximum absolute atomic E-state index is 13.8. The number of fused-ring (bicyclic) bond motifs is 1. The summed E-state index contributed by atoms with van der Waals surface area (Å²) >= 11 is 5.06. The van der Waals surface area contributed by atoms with Crippen LogP contribution in [0.3, 0.4) is 0 Å². The number of thiazole rings is 1. The monoisotopic (exact) mass is 583 g/mol. The molecule has 10 heteroatoms. The van der Waals surface area contributed by atoms with Gasteiger partial charge in [0, 0.05) is 36.2 Å². The SMILES string of the molecule is CCOc1ccc(C(=O)N(CCCN2CCOCC2)c2nc3ccc(Br)cc3s2)cc1OCC.Cl. The van der Waals surface area contributed by atoms with Crippen LogP contribution in [0.4, 0.5) is 5.13 Å². The van der Waals surface area contributed by atoms with Crippen molar-refractivity contribution in [1.82, 2.24) is 9.88 Å². The van der Waals surface area contributed by atoms with E-state index in [0.29, 0.717) is 42.0 Å². The fourth-order valence-corrected chi connectivity index (χ4v) is 5.44. The lowest BCUT2D eigenvalue weighted by Gasteiger charge is -2.27. The number of ether oxygens (including phenoxy) is 3. The Morgan fingerprint density at radius 3 is 2.60 bits per heavy atom. The van der Waals surface area contributed by atoms with E-state index in [1.807, 2.05) is 38.1 Å². The summed E-state index contributed by atoms with van der Waals surface area (Å²) in [5, 5.41) is 0.701. The van der Waals surface area contributed by atoms with Crippen LogP contribution in [0.5, 0.6) is 11.5 Å². The van der Waals surface area contributed by atoms with E-state index in [9.17, 15) is 4.79 Å². The fraction of sp³-hybridized carbons (Fsp3) is 0.440. The molecular weight excluding hydrogens is 554 g/mol. The molecule has 7 nitrogen and oxygen atoms in total. The van der Waals surface area contributed by atoms with Gasteiger partial charge < -0.3 is 14.2 Å². The molecular formula is C25H31BrClN3O4S. The van der Waals surface area contributed by atoms with Gasteiger partial charge in [0.25, 0.3) is 5.91 Å². The first-order valence-corrected chi connectivity index (χ1v) is 13.3. The smallest absolute Gasteiger partial charge is 0.260 e. The van der Waals surface area contributed by atoms with Crippen molar-refractivity contribution < 1.29 is 19.0 Å². The first-order chi connectivity index (χ1) is 16.6. The topological polar surface area (TPSA) is 64.1 Å². The van der Waals surface area contributed by atoms with Gasteiger partial charge in [0.2, 0.25) is 0 Å². The van der Waals surface area contributed by atoms with E-state index in [0.717, 1.165) is 54.0 Å². The molecule has 1 aromatic heterocycles. The average Bonchev–Trinajstić information content (AvgIpc) is 3.26. The molecule has 1 aliphatic heterocycles. The highest BCUT2D eigenvalue weighted by molar-refractivity contribution is 9.10. The van der Waals surface area contributed by atoms with Crippen LogP contribution in [0.15, 0.2) is 40.9 Å². The number of morpholine rings is 1. The number of halogens is 2. The number of hydrogen-bond donors (Lipinski definition) is 0. The summed E-state index contributed by atoms with van der Waals surface area (Å²) in [5.74, 6) is 1.13. The summed E-state index contributed by atoms with van der Waals surface area (Å²) in [6.45, 7) is 9.75. The second-order valence-corrected chi connectivity index (χ2v) is 9.83. The summed E-state index contributed by atoms with van der Waals surface area (Å²) in [6.07, 6.45) is 0.848. The summed E-state index contributed by atoms with van der Waals surface area (Å²) in [7, 11) is 0. The van der Waals surface area contributed by atoms with Crippen LogP contribution in [-0.2, 0) is 4.74 Å². The van der Waals surface area contributed by atoms with Crippen molar-refractivity contribution in [2.24, 2.45) is 0 Å². The van der Waals surface area contributed by atoms with Gasteiger partial charge in [-0.25, -0.2) is 4.98 Å². The van der Waals surface area contributed by atoms with Crippen molar-refractivity contribution >= 4 is 60.9 Å². The molecule has 0 radical (unpaired) electrons. The van der Waals surface area contributed by atoms with Gasteiger partial charge in [0.15, 0.2) is 16.6 Å². The van der Waals surface area contributed by atoms with Gasteiger partial charge in [0.1, 0.15) is 0 Å². The molecule has 190 valence electrons. The standard InChI is InChI=1S/C25H30BrN3O4S.ClH/c1-3-32-21-9-6-18(16-22(21)33-4-2)24(30)29(11-5-10-28-12-14-31-15-13-28)25-27-20-8-7-19(26)17-23(20)34-25;/h6-9,16-17H,3-5,10-15H2,1-2H3;1H. The number of amides is 1. The Kier molecular flexibility index (Phi) is 10.6. The molecule has 2 aromatic carbocycles. The minimum Gasteiger partial charge on any atom is -0.490 e. The van der Waals surface area contributed by atoms with Crippen LogP contribution in [-0.4, -0.2) is 68.4 Å². The van der Waals surface area contributed by atoms with E-state index in [1.54, 1.807) is 17.0 Å². The van der Waals surface area contributed by atoms with Crippen LogP contribution in [0, 0.1) is 0 Å². The number of rotatable bonds is 10. The van der Waals surface area contributed by atoms with Crippen molar-refractivity contribution in [2.45, 2.75) is 20.3 Å². The van der Waals surface area contributed by atoms with Crippen molar-refractivity contribution in [3.8, 4) is 11.5 Å². The molecule has 0 saturated carbocycles. The van der Waals surface area contributed by atoms with Crippen molar-refractivity contribution in [3.05, 3.63) is 46.4 Å². The van der Waals surface area contributed by atoms with Crippen LogP contribution in [0.1, 0.15) is 30.6 Å².